The predicted octanol–water partition coefficient (Wildman–Crippen LogP) is 3.80. The smallest absolute Gasteiger partial charge is 0.296 e. The zero-order valence-corrected chi connectivity index (χ0v) is 14.2. The Morgan fingerprint density at radius 1 is 1.04 bits per heavy atom. The van der Waals surface area contributed by atoms with Crippen LogP contribution in [0.15, 0.2) is 54.7 Å². The minimum absolute atomic E-state index is 0.305. The molecule has 0 fully saturated rings. The van der Waals surface area contributed by atoms with E-state index in [0.29, 0.717) is 29.9 Å². The number of pyridine rings is 1. The third-order valence-corrected chi connectivity index (χ3v) is 4.29. The van der Waals surface area contributed by atoms with Crippen LogP contribution in [-0.2, 0) is 4.79 Å². The number of hydrogen-bond acceptors (Lipinski definition) is 2. The number of hydrogen-bond donors (Lipinski definition) is 0. The number of carbonyl (C=O) groups is 2. The number of likely N-dealkylation sites (N-methyl/N-ethyl adjacent to an activating group) is 1. The van der Waals surface area contributed by atoms with Crippen LogP contribution in [-0.4, -0.2) is 34.1 Å². The number of aromatic nitrogens is 1. The van der Waals surface area contributed by atoms with Crippen LogP contribution in [0.1, 0.15) is 24.3 Å². The molecule has 0 aliphatic carbocycles. The van der Waals surface area contributed by atoms with Crippen LogP contribution < -0.4 is 0 Å². The zero-order valence-electron chi connectivity index (χ0n) is 14.2. The van der Waals surface area contributed by atoms with E-state index in [2.05, 4.69) is 0 Å². The molecule has 0 atom stereocenters. The molecule has 0 spiro atoms. The number of nitrogens with zero attached hydrogens (tertiary/aromatic N) is 2. The number of carbonyl (C=O) groups excluding carboxylic acids is 2. The predicted molar refractivity (Wildman–Crippen MR) is 95.0 cm³/mol. The lowest BCUT2D eigenvalue weighted by atomic mass is 10.0. The molecule has 2 aromatic heterocycles. The fraction of sp³-hybridized carbons (Fsp3) is 0.200. The van der Waals surface area contributed by atoms with E-state index < -0.39 is 11.7 Å². The Labute approximate surface area is 145 Å². The van der Waals surface area contributed by atoms with Gasteiger partial charge in [0.2, 0.25) is 0 Å². The lowest BCUT2D eigenvalue weighted by Crippen LogP contribution is -2.36. The van der Waals surface area contributed by atoms with Gasteiger partial charge in [-0.05, 0) is 49.7 Å². The Bertz CT molecular complexity index is 925. The molecule has 3 aromatic rings. The van der Waals surface area contributed by atoms with Gasteiger partial charge in [-0.3, -0.25) is 9.59 Å². The molecule has 0 radical (unpaired) electrons. The largest absolute Gasteiger partial charge is 0.336 e. The summed E-state index contributed by atoms with van der Waals surface area (Å²) in [4.78, 5) is 27.0. The molecular weight excluding hydrogens is 319 g/mol. The SMILES string of the molecule is CCN(CC)C(=O)C(=O)c1c(-c2ccc(F)cc2)cc2ccccn12. The minimum Gasteiger partial charge on any atom is -0.336 e. The summed E-state index contributed by atoms with van der Waals surface area (Å²) in [6, 6.07) is 13.3. The number of Topliss-reactive ketones (excluding diaryl/α,β-unsaturated/α-hetero) is 1. The van der Waals surface area contributed by atoms with Crippen LogP contribution in [0.4, 0.5) is 4.39 Å². The quantitative estimate of drug-likeness (QED) is 0.524. The molecule has 0 N–H and O–H groups in total. The van der Waals surface area contributed by atoms with Crippen LogP contribution in [0.25, 0.3) is 16.6 Å². The first kappa shape index (κ1) is 16.9. The number of halogens is 1. The van der Waals surface area contributed by atoms with Gasteiger partial charge in [0.05, 0.1) is 0 Å². The standard InChI is InChI=1S/C20H19FN2O2/c1-3-22(4-2)20(25)19(24)18-17(14-8-10-15(21)11-9-14)13-16-7-5-6-12-23(16)18/h5-13H,3-4H2,1-2H3. The molecule has 0 unspecified atom stereocenters. The summed E-state index contributed by atoms with van der Waals surface area (Å²) < 4.78 is 15.0. The molecule has 1 amide bonds. The van der Waals surface area contributed by atoms with Crippen molar-refractivity contribution in [2.45, 2.75) is 13.8 Å². The molecule has 0 bridgehead atoms. The van der Waals surface area contributed by atoms with E-state index in [1.807, 2.05) is 32.0 Å². The van der Waals surface area contributed by atoms with Crippen molar-refractivity contribution in [3.8, 4) is 11.1 Å². The van der Waals surface area contributed by atoms with Crippen molar-refractivity contribution in [1.82, 2.24) is 9.30 Å². The van der Waals surface area contributed by atoms with Crippen LogP contribution >= 0.6 is 0 Å². The Morgan fingerprint density at radius 3 is 2.36 bits per heavy atom. The van der Waals surface area contributed by atoms with Crippen molar-refractivity contribution in [1.29, 1.82) is 0 Å². The van der Waals surface area contributed by atoms with Crippen molar-refractivity contribution < 1.29 is 14.0 Å². The maximum atomic E-state index is 13.3. The van der Waals surface area contributed by atoms with Gasteiger partial charge in [-0.1, -0.05) is 18.2 Å². The maximum absolute atomic E-state index is 13.3. The van der Waals surface area contributed by atoms with Crippen molar-refractivity contribution in [3.05, 3.63) is 66.2 Å². The van der Waals surface area contributed by atoms with Gasteiger partial charge in [-0.15, -0.1) is 0 Å². The second-order valence-corrected chi connectivity index (χ2v) is 5.72. The average molecular weight is 338 g/mol. The highest BCUT2D eigenvalue weighted by Crippen LogP contribution is 2.28. The van der Waals surface area contributed by atoms with Crippen molar-refractivity contribution in [2.24, 2.45) is 0 Å². The summed E-state index contributed by atoms with van der Waals surface area (Å²) in [7, 11) is 0. The fourth-order valence-corrected chi connectivity index (χ4v) is 2.96. The highest BCUT2D eigenvalue weighted by Gasteiger charge is 2.27. The highest BCUT2D eigenvalue weighted by atomic mass is 19.1. The maximum Gasteiger partial charge on any atom is 0.296 e. The molecule has 25 heavy (non-hydrogen) atoms. The van der Waals surface area contributed by atoms with Gasteiger partial charge in [-0.25, -0.2) is 4.39 Å². The van der Waals surface area contributed by atoms with Crippen molar-refractivity contribution in [2.75, 3.05) is 13.1 Å². The van der Waals surface area contributed by atoms with E-state index >= 15 is 0 Å². The lowest BCUT2D eigenvalue weighted by molar-refractivity contribution is -0.126. The van der Waals surface area contributed by atoms with Gasteiger partial charge in [0.25, 0.3) is 11.7 Å². The molecule has 1 aromatic carbocycles. The van der Waals surface area contributed by atoms with Gasteiger partial charge in [-0.2, -0.15) is 0 Å². The van der Waals surface area contributed by atoms with Gasteiger partial charge < -0.3 is 9.30 Å². The first-order valence-electron chi connectivity index (χ1n) is 8.26. The number of fused-ring (bicyclic) bond motifs is 1. The van der Waals surface area contributed by atoms with Crippen molar-refractivity contribution >= 4 is 17.2 Å². The van der Waals surface area contributed by atoms with E-state index in [4.69, 9.17) is 0 Å². The molecule has 128 valence electrons. The van der Waals surface area contributed by atoms with Gasteiger partial charge >= 0.3 is 0 Å². The Hall–Kier alpha value is -2.95. The fourth-order valence-electron chi connectivity index (χ4n) is 2.96. The third kappa shape index (κ3) is 3.05. The Morgan fingerprint density at radius 2 is 1.72 bits per heavy atom. The van der Waals surface area contributed by atoms with Gasteiger partial charge in [0.1, 0.15) is 11.5 Å². The normalized spacial score (nSPS) is 10.8. The number of ketones is 1. The van der Waals surface area contributed by atoms with E-state index in [9.17, 15) is 14.0 Å². The van der Waals surface area contributed by atoms with E-state index in [1.165, 1.54) is 17.0 Å². The first-order chi connectivity index (χ1) is 12.1. The first-order valence-corrected chi connectivity index (χ1v) is 8.26. The molecule has 0 aliphatic heterocycles. The molecule has 4 nitrogen and oxygen atoms in total. The van der Waals surface area contributed by atoms with Crippen LogP contribution in [0, 0.1) is 5.82 Å². The highest BCUT2D eigenvalue weighted by molar-refractivity contribution is 6.43. The number of amides is 1. The summed E-state index contributed by atoms with van der Waals surface area (Å²) in [5.41, 5.74) is 2.43. The topological polar surface area (TPSA) is 41.8 Å². The average Bonchev–Trinajstić information content (AvgIpc) is 3.02. The number of rotatable bonds is 5. The summed E-state index contributed by atoms with van der Waals surface area (Å²) in [5.74, 6) is -1.44. The van der Waals surface area contributed by atoms with E-state index in [1.54, 1.807) is 28.8 Å². The minimum atomic E-state index is -0.561. The lowest BCUT2D eigenvalue weighted by Gasteiger charge is -2.18. The van der Waals surface area contributed by atoms with Crippen LogP contribution in [0.2, 0.25) is 0 Å². The molecule has 0 saturated carbocycles. The second kappa shape index (κ2) is 6.89. The van der Waals surface area contributed by atoms with Crippen molar-refractivity contribution in [3.63, 3.8) is 0 Å². The molecule has 5 heteroatoms. The Balaban J connectivity index is 2.18. The monoisotopic (exact) mass is 338 g/mol. The molecule has 2 heterocycles. The summed E-state index contributed by atoms with van der Waals surface area (Å²) in [6.45, 7) is 4.62. The van der Waals surface area contributed by atoms with Crippen LogP contribution in [0.3, 0.4) is 0 Å². The Kier molecular flexibility index (Phi) is 4.65. The third-order valence-electron chi connectivity index (χ3n) is 4.29. The summed E-state index contributed by atoms with van der Waals surface area (Å²) >= 11 is 0. The molecule has 0 aliphatic rings. The van der Waals surface area contributed by atoms with Gasteiger partial charge in [0, 0.05) is 30.4 Å². The van der Waals surface area contributed by atoms with Crippen LogP contribution in [0.5, 0.6) is 0 Å². The molecule has 0 saturated heterocycles. The zero-order chi connectivity index (χ0) is 18.0. The second-order valence-electron chi connectivity index (χ2n) is 5.72. The van der Waals surface area contributed by atoms with E-state index in [-0.39, 0.29) is 5.82 Å². The molecular formula is C20H19FN2O2. The summed E-state index contributed by atoms with van der Waals surface area (Å²) in [5, 5.41) is 0. The van der Waals surface area contributed by atoms with Gasteiger partial charge in [0.15, 0.2) is 0 Å². The van der Waals surface area contributed by atoms with E-state index in [0.717, 1.165) is 5.52 Å². The molecule has 3 rings (SSSR count). The number of benzene rings is 1. The summed E-state index contributed by atoms with van der Waals surface area (Å²) in [6.07, 6.45) is 1.76.